The molecule has 2 rings (SSSR count). The molecule has 0 aliphatic rings. The number of hydrogen-bond donors (Lipinski definition) is 1. The van der Waals surface area contributed by atoms with E-state index in [4.69, 9.17) is 23.2 Å². The molecular formula is C13H10Cl2O3S. The second-order valence-electron chi connectivity index (χ2n) is 4.08. The Morgan fingerprint density at radius 2 is 1.68 bits per heavy atom. The van der Waals surface area contributed by atoms with Gasteiger partial charge >= 0.3 is 0 Å². The molecule has 2 aromatic carbocycles. The van der Waals surface area contributed by atoms with Crippen LogP contribution in [0.15, 0.2) is 41.3 Å². The Bertz CT molecular complexity index is 740. The van der Waals surface area contributed by atoms with Crippen LogP contribution in [0.2, 0.25) is 10.0 Å². The van der Waals surface area contributed by atoms with Crippen LogP contribution >= 0.6 is 23.2 Å². The van der Waals surface area contributed by atoms with E-state index in [1.165, 1.54) is 18.2 Å². The van der Waals surface area contributed by atoms with Crippen molar-refractivity contribution in [1.82, 2.24) is 0 Å². The fourth-order valence-corrected chi connectivity index (χ4v) is 2.84. The van der Waals surface area contributed by atoms with Gasteiger partial charge in [0.15, 0.2) is 9.84 Å². The van der Waals surface area contributed by atoms with E-state index < -0.39 is 9.84 Å². The summed E-state index contributed by atoms with van der Waals surface area (Å²) in [5.74, 6) is 0.0263. The maximum atomic E-state index is 11.4. The van der Waals surface area contributed by atoms with E-state index in [0.29, 0.717) is 16.1 Å². The first-order chi connectivity index (χ1) is 8.79. The van der Waals surface area contributed by atoms with Gasteiger partial charge in [0.25, 0.3) is 0 Å². The standard InChI is InChI=1S/C13H10Cl2O3S/c1-19(17,18)9-3-4-10(12(15)7-9)11-6-8(14)2-5-13(11)16/h2-7,16H,1H3. The van der Waals surface area contributed by atoms with Crippen LogP contribution in [-0.4, -0.2) is 19.8 Å². The molecule has 0 bridgehead atoms. The van der Waals surface area contributed by atoms with Gasteiger partial charge in [0.05, 0.1) is 4.90 Å². The monoisotopic (exact) mass is 316 g/mol. The number of benzene rings is 2. The first-order valence-corrected chi connectivity index (χ1v) is 7.92. The molecule has 0 atom stereocenters. The molecule has 1 N–H and O–H groups in total. The highest BCUT2D eigenvalue weighted by atomic mass is 35.5. The average molecular weight is 317 g/mol. The van der Waals surface area contributed by atoms with Crippen LogP contribution in [0.5, 0.6) is 5.75 Å². The summed E-state index contributed by atoms with van der Waals surface area (Å²) < 4.78 is 22.8. The first-order valence-electron chi connectivity index (χ1n) is 5.27. The number of halogens is 2. The van der Waals surface area contributed by atoms with Gasteiger partial charge in [-0.1, -0.05) is 29.3 Å². The Balaban J connectivity index is 2.62. The molecule has 0 unspecified atom stereocenters. The van der Waals surface area contributed by atoms with Gasteiger partial charge in [-0.3, -0.25) is 0 Å². The van der Waals surface area contributed by atoms with Gasteiger partial charge in [0, 0.05) is 27.4 Å². The lowest BCUT2D eigenvalue weighted by Gasteiger charge is -2.09. The molecule has 0 aliphatic carbocycles. The van der Waals surface area contributed by atoms with Crippen molar-refractivity contribution >= 4 is 33.0 Å². The van der Waals surface area contributed by atoms with E-state index in [1.54, 1.807) is 18.2 Å². The van der Waals surface area contributed by atoms with Crippen molar-refractivity contribution in [1.29, 1.82) is 0 Å². The Morgan fingerprint density at radius 3 is 2.26 bits per heavy atom. The SMILES string of the molecule is CS(=O)(=O)c1ccc(-c2cc(Cl)ccc2O)c(Cl)c1. The van der Waals surface area contributed by atoms with Crippen molar-refractivity contribution in [2.24, 2.45) is 0 Å². The third-order valence-electron chi connectivity index (χ3n) is 2.62. The van der Waals surface area contributed by atoms with E-state index in [2.05, 4.69) is 0 Å². The summed E-state index contributed by atoms with van der Waals surface area (Å²) >= 11 is 11.9. The summed E-state index contributed by atoms with van der Waals surface area (Å²) in [6.45, 7) is 0. The summed E-state index contributed by atoms with van der Waals surface area (Å²) in [5.41, 5.74) is 0.978. The predicted molar refractivity (Wildman–Crippen MR) is 76.7 cm³/mol. The fourth-order valence-electron chi connectivity index (χ4n) is 1.67. The van der Waals surface area contributed by atoms with Crippen LogP contribution in [0.4, 0.5) is 0 Å². The van der Waals surface area contributed by atoms with Crippen LogP contribution in [-0.2, 0) is 9.84 Å². The largest absolute Gasteiger partial charge is 0.507 e. The molecule has 2 aromatic rings. The Morgan fingerprint density at radius 1 is 1.00 bits per heavy atom. The van der Waals surface area contributed by atoms with Crippen LogP contribution in [0.3, 0.4) is 0 Å². The number of phenols is 1. The van der Waals surface area contributed by atoms with Gasteiger partial charge in [-0.2, -0.15) is 0 Å². The number of sulfone groups is 1. The van der Waals surface area contributed by atoms with Crippen LogP contribution in [0, 0.1) is 0 Å². The minimum Gasteiger partial charge on any atom is -0.507 e. The summed E-state index contributed by atoms with van der Waals surface area (Å²) in [7, 11) is -3.32. The van der Waals surface area contributed by atoms with Crippen molar-refractivity contribution in [3.63, 3.8) is 0 Å². The summed E-state index contributed by atoms with van der Waals surface area (Å²) in [5, 5.41) is 10.5. The third-order valence-corrected chi connectivity index (χ3v) is 4.28. The highest BCUT2D eigenvalue weighted by Crippen LogP contribution is 2.36. The van der Waals surface area contributed by atoms with Gasteiger partial charge in [0.1, 0.15) is 5.75 Å². The van der Waals surface area contributed by atoms with Crippen molar-refractivity contribution in [2.45, 2.75) is 4.90 Å². The minimum atomic E-state index is -3.32. The molecule has 0 heterocycles. The number of phenolic OH excluding ortho intramolecular Hbond substituents is 1. The lowest BCUT2D eigenvalue weighted by molar-refractivity contribution is 0.477. The maximum Gasteiger partial charge on any atom is 0.175 e. The lowest BCUT2D eigenvalue weighted by atomic mass is 10.0. The predicted octanol–water partition coefficient (Wildman–Crippen LogP) is 3.77. The third kappa shape index (κ3) is 3.03. The molecule has 100 valence electrons. The molecule has 6 heteroatoms. The molecule has 3 nitrogen and oxygen atoms in total. The zero-order chi connectivity index (χ0) is 14.2. The summed E-state index contributed by atoms with van der Waals surface area (Å²) in [6.07, 6.45) is 1.11. The van der Waals surface area contributed by atoms with Gasteiger partial charge in [-0.05, 0) is 30.3 Å². The number of hydrogen-bond acceptors (Lipinski definition) is 3. The molecule has 0 saturated heterocycles. The van der Waals surface area contributed by atoms with E-state index >= 15 is 0 Å². The highest BCUT2D eigenvalue weighted by molar-refractivity contribution is 7.90. The smallest absolute Gasteiger partial charge is 0.175 e. The molecule has 0 fully saturated rings. The van der Waals surface area contributed by atoms with E-state index in [0.717, 1.165) is 6.26 Å². The highest BCUT2D eigenvalue weighted by Gasteiger charge is 2.13. The molecule has 0 spiro atoms. The van der Waals surface area contributed by atoms with Crippen LogP contribution in [0.1, 0.15) is 0 Å². The van der Waals surface area contributed by atoms with Crippen LogP contribution in [0.25, 0.3) is 11.1 Å². The van der Waals surface area contributed by atoms with Gasteiger partial charge in [-0.25, -0.2) is 8.42 Å². The number of aromatic hydroxyl groups is 1. The van der Waals surface area contributed by atoms with Crippen molar-refractivity contribution in [3.05, 3.63) is 46.4 Å². The van der Waals surface area contributed by atoms with Crippen molar-refractivity contribution in [2.75, 3.05) is 6.26 Å². The van der Waals surface area contributed by atoms with Gasteiger partial charge < -0.3 is 5.11 Å². The summed E-state index contributed by atoms with van der Waals surface area (Å²) in [6, 6.07) is 8.92. The second kappa shape index (κ2) is 5.04. The van der Waals surface area contributed by atoms with Crippen molar-refractivity contribution < 1.29 is 13.5 Å². The maximum absolute atomic E-state index is 11.4. The minimum absolute atomic E-state index is 0.0263. The van der Waals surface area contributed by atoms with E-state index in [9.17, 15) is 13.5 Å². The number of rotatable bonds is 2. The van der Waals surface area contributed by atoms with Crippen LogP contribution < -0.4 is 0 Å². The quantitative estimate of drug-likeness (QED) is 0.917. The van der Waals surface area contributed by atoms with Gasteiger partial charge in [0.2, 0.25) is 0 Å². The zero-order valence-corrected chi connectivity index (χ0v) is 12.2. The van der Waals surface area contributed by atoms with Crippen molar-refractivity contribution in [3.8, 4) is 16.9 Å². The molecule has 0 saturated carbocycles. The molecule has 0 aliphatic heterocycles. The topological polar surface area (TPSA) is 54.4 Å². The first kappa shape index (κ1) is 14.2. The molecule has 0 radical (unpaired) electrons. The zero-order valence-electron chi connectivity index (χ0n) is 9.89. The molecule has 0 aromatic heterocycles. The Labute approximate surface area is 121 Å². The summed E-state index contributed by atoms with van der Waals surface area (Å²) in [4.78, 5) is 0.128. The average Bonchev–Trinajstić information content (AvgIpc) is 2.31. The lowest BCUT2D eigenvalue weighted by Crippen LogP contribution is -1.97. The fraction of sp³-hybridized carbons (Fsp3) is 0.0769. The second-order valence-corrected chi connectivity index (χ2v) is 6.93. The van der Waals surface area contributed by atoms with E-state index in [-0.39, 0.29) is 15.7 Å². The Hall–Kier alpha value is -1.23. The van der Waals surface area contributed by atoms with E-state index in [1.807, 2.05) is 0 Å². The molecule has 19 heavy (non-hydrogen) atoms. The van der Waals surface area contributed by atoms with Gasteiger partial charge in [-0.15, -0.1) is 0 Å². The molecular weight excluding hydrogens is 307 g/mol. The Kier molecular flexibility index (Phi) is 3.76. The molecule has 0 amide bonds. The normalized spacial score (nSPS) is 11.5.